The highest BCUT2D eigenvalue weighted by atomic mass is 35.5. The topological polar surface area (TPSA) is 37.4 Å². The minimum atomic E-state index is -3.10. The summed E-state index contributed by atoms with van der Waals surface area (Å²) in [6.07, 6.45) is 1.61. The normalized spacial score (nSPS) is 12.7. The van der Waals surface area contributed by atoms with Crippen LogP contribution in [0.1, 0.15) is 33.6 Å². The number of alkyl halides is 1. The second kappa shape index (κ2) is 6.64. The first-order valence-electron chi connectivity index (χ1n) is 5.01. The molecular weight excluding hydrogens is 222 g/mol. The number of halogens is 1. The van der Waals surface area contributed by atoms with Gasteiger partial charge in [-0.3, -0.25) is 0 Å². The molecule has 3 nitrogen and oxygen atoms in total. The third-order valence-corrected chi connectivity index (χ3v) is 4.29. The van der Waals surface area contributed by atoms with E-state index < -0.39 is 10.0 Å². The molecule has 0 saturated carbocycles. The number of unbranched alkanes of at least 4 members (excludes halogenated alkanes) is 1. The number of rotatable bonds is 7. The monoisotopic (exact) mass is 241 g/mol. The van der Waals surface area contributed by atoms with Gasteiger partial charge in [0.05, 0.1) is 5.75 Å². The van der Waals surface area contributed by atoms with E-state index in [0.29, 0.717) is 18.8 Å². The molecule has 0 aliphatic heterocycles. The molecule has 0 saturated heterocycles. The molecule has 0 aromatic heterocycles. The van der Waals surface area contributed by atoms with E-state index in [2.05, 4.69) is 0 Å². The van der Waals surface area contributed by atoms with Gasteiger partial charge < -0.3 is 0 Å². The SMILES string of the molecule is CCCCS(=O)(=O)N(CCCl)C(C)C. The van der Waals surface area contributed by atoms with Crippen LogP contribution in [0, 0.1) is 0 Å². The van der Waals surface area contributed by atoms with E-state index in [0.717, 1.165) is 6.42 Å². The Balaban J connectivity index is 4.46. The molecule has 0 radical (unpaired) electrons. The zero-order chi connectivity index (χ0) is 11.2. The van der Waals surface area contributed by atoms with Crippen LogP contribution in [0.4, 0.5) is 0 Å². The lowest BCUT2D eigenvalue weighted by Crippen LogP contribution is -2.39. The Bertz CT molecular complexity index is 239. The summed E-state index contributed by atoms with van der Waals surface area (Å²) in [5, 5.41) is 0. The molecule has 5 heteroatoms. The minimum absolute atomic E-state index is 0.00407. The molecule has 0 aliphatic rings. The largest absolute Gasteiger partial charge is 0.214 e. The van der Waals surface area contributed by atoms with Crippen LogP contribution in [0.2, 0.25) is 0 Å². The van der Waals surface area contributed by atoms with Gasteiger partial charge in [0.15, 0.2) is 0 Å². The first kappa shape index (κ1) is 14.2. The Morgan fingerprint density at radius 1 is 1.36 bits per heavy atom. The molecule has 0 fully saturated rings. The van der Waals surface area contributed by atoms with Gasteiger partial charge in [-0.1, -0.05) is 13.3 Å². The Labute approximate surface area is 92.5 Å². The molecule has 86 valence electrons. The van der Waals surface area contributed by atoms with Crippen molar-refractivity contribution in [3.63, 3.8) is 0 Å². The number of hydrogen-bond acceptors (Lipinski definition) is 2. The molecule has 0 spiro atoms. The van der Waals surface area contributed by atoms with E-state index in [1.807, 2.05) is 20.8 Å². The van der Waals surface area contributed by atoms with Gasteiger partial charge in [0.25, 0.3) is 0 Å². The molecule has 0 amide bonds. The van der Waals surface area contributed by atoms with Crippen molar-refractivity contribution < 1.29 is 8.42 Å². The van der Waals surface area contributed by atoms with Crippen molar-refractivity contribution in [3.8, 4) is 0 Å². The van der Waals surface area contributed by atoms with E-state index in [-0.39, 0.29) is 11.8 Å². The lowest BCUT2D eigenvalue weighted by Gasteiger charge is -2.24. The van der Waals surface area contributed by atoms with Gasteiger partial charge in [-0.15, -0.1) is 11.6 Å². The van der Waals surface area contributed by atoms with Gasteiger partial charge >= 0.3 is 0 Å². The average Bonchev–Trinajstić information content (AvgIpc) is 2.10. The van der Waals surface area contributed by atoms with Crippen molar-refractivity contribution in [1.29, 1.82) is 0 Å². The number of sulfonamides is 1. The van der Waals surface area contributed by atoms with Crippen LogP contribution in [-0.2, 0) is 10.0 Å². The summed E-state index contributed by atoms with van der Waals surface area (Å²) in [4.78, 5) is 0. The quantitative estimate of drug-likeness (QED) is 0.640. The Kier molecular flexibility index (Phi) is 6.74. The highest BCUT2D eigenvalue weighted by molar-refractivity contribution is 7.89. The van der Waals surface area contributed by atoms with E-state index in [9.17, 15) is 8.42 Å². The van der Waals surface area contributed by atoms with Crippen molar-refractivity contribution in [1.82, 2.24) is 4.31 Å². The van der Waals surface area contributed by atoms with Gasteiger partial charge in [0.1, 0.15) is 0 Å². The zero-order valence-corrected chi connectivity index (χ0v) is 10.7. The summed E-state index contributed by atoms with van der Waals surface area (Å²) in [7, 11) is -3.10. The maximum atomic E-state index is 11.8. The van der Waals surface area contributed by atoms with E-state index in [1.165, 1.54) is 4.31 Å². The molecular formula is C9H20ClNO2S. The highest BCUT2D eigenvalue weighted by Crippen LogP contribution is 2.09. The fourth-order valence-electron chi connectivity index (χ4n) is 1.25. The third kappa shape index (κ3) is 4.62. The molecule has 0 bridgehead atoms. The summed E-state index contributed by atoms with van der Waals surface area (Å²) in [5.74, 6) is 0.585. The second-order valence-corrected chi connectivity index (χ2v) is 5.98. The molecule has 0 aromatic carbocycles. The molecule has 0 atom stereocenters. The van der Waals surface area contributed by atoms with Crippen LogP contribution >= 0.6 is 11.6 Å². The molecule has 14 heavy (non-hydrogen) atoms. The molecule has 0 aromatic rings. The van der Waals surface area contributed by atoms with E-state index in [4.69, 9.17) is 11.6 Å². The summed E-state index contributed by atoms with van der Waals surface area (Å²) in [6.45, 7) is 6.13. The third-order valence-electron chi connectivity index (χ3n) is 1.99. The lowest BCUT2D eigenvalue weighted by molar-refractivity contribution is 0.370. The number of nitrogens with zero attached hydrogens (tertiary/aromatic N) is 1. The van der Waals surface area contributed by atoms with Crippen LogP contribution < -0.4 is 0 Å². The highest BCUT2D eigenvalue weighted by Gasteiger charge is 2.23. The van der Waals surface area contributed by atoms with Crippen molar-refractivity contribution in [2.75, 3.05) is 18.2 Å². The van der Waals surface area contributed by atoms with Gasteiger partial charge in [-0.2, -0.15) is 4.31 Å². The predicted molar refractivity (Wildman–Crippen MR) is 61.3 cm³/mol. The number of hydrogen-bond donors (Lipinski definition) is 0. The predicted octanol–water partition coefficient (Wildman–Crippen LogP) is 2.07. The standard InChI is InChI=1S/C9H20ClNO2S/c1-4-5-8-14(12,13)11(7-6-10)9(2)3/h9H,4-8H2,1-3H3. The lowest BCUT2D eigenvalue weighted by atomic mass is 10.4. The van der Waals surface area contributed by atoms with Gasteiger partial charge in [-0.25, -0.2) is 8.42 Å². The summed E-state index contributed by atoms with van der Waals surface area (Å²) >= 11 is 5.57. The molecule has 0 rings (SSSR count). The fourth-order valence-corrected chi connectivity index (χ4v) is 3.43. The van der Waals surface area contributed by atoms with E-state index >= 15 is 0 Å². The van der Waals surface area contributed by atoms with E-state index in [1.54, 1.807) is 0 Å². The van der Waals surface area contributed by atoms with Crippen molar-refractivity contribution >= 4 is 21.6 Å². The Morgan fingerprint density at radius 3 is 2.29 bits per heavy atom. The van der Waals surface area contributed by atoms with Crippen LogP contribution in [-0.4, -0.2) is 36.9 Å². The molecule has 0 unspecified atom stereocenters. The molecule has 0 N–H and O–H groups in total. The zero-order valence-electron chi connectivity index (χ0n) is 9.16. The van der Waals surface area contributed by atoms with Crippen molar-refractivity contribution in [3.05, 3.63) is 0 Å². The molecule has 0 heterocycles. The van der Waals surface area contributed by atoms with Gasteiger partial charge in [-0.05, 0) is 20.3 Å². The summed E-state index contributed by atoms with van der Waals surface area (Å²) < 4.78 is 25.1. The van der Waals surface area contributed by atoms with Crippen LogP contribution in [0.3, 0.4) is 0 Å². The summed E-state index contributed by atoms with van der Waals surface area (Å²) in [5.41, 5.74) is 0. The first-order valence-corrected chi connectivity index (χ1v) is 7.15. The first-order chi connectivity index (χ1) is 6.45. The maximum absolute atomic E-state index is 11.8. The van der Waals surface area contributed by atoms with Crippen LogP contribution in [0.15, 0.2) is 0 Å². The Hall–Kier alpha value is 0.200. The second-order valence-electron chi connectivity index (χ2n) is 3.56. The van der Waals surface area contributed by atoms with Crippen LogP contribution in [0.25, 0.3) is 0 Å². The van der Waals surface area contributed by atoms with Gasteiger partial charge in [0, 0.05) is 18.5 Å². The smallest absolute Gasteiger partial charge is 0.212 e. The average molecular weight is 242 g/mol. The maximum Gasteiger partial charge on any atom is 0.214 e. The van der Waals surface area contributed by atoms with Crippen LogP contribution in [0.5, 0.6) is 0 Å². The fraction of sp³-hybridized carbons (Fsp3) is 1.00. The van der Waals surface area contributed by atoms with Crippen molar-refractivity contribution in [2.45, 2.75) is 39.7 Å². The summed E-state index contributed by atoms with van der Waals surface area (Å²) in [6, 6.07) is -0.00407. The molecule has 0 aliphatic carbocycles. The van der Waals surface area contributed by atoms with Gasteiger partial charge in [0.2, 0.25) is 10.0 Å². The Morgan fingerprint density at radius 2 is 1.93 bits per heavy atom. The van der Waals surface area contributed by atoms with Crippen molar-refractivity contribution in [2.24, 2.45) is 0 Å². The minimum Gasteiger partial charge on any atom is -0.212 e.